The Morgan fingerprint density at radius 2 is 1.77 bits per heavy atom. The van der Waals surface area contributed by atoms with Crippen molar-refractivity contribution in [1.82, 2.24) is 4.72 Å². The summed E-state index contributed by atoms with van der Waals surface area (Å²) in [5, 5.41) is 3.04. The fourth-order valence-corrected chi connectivity index (χ4v) is 4.37. The van der Waals surface area contributed by atoms with Crippen LogP contribution in [0.4, 0.5) is 5.69 Å². The van der Waals surface area contributed by atoms with E-state index in [9.17, 15) is 18.0 Å². The molecule has 8 nitrogen and oxygen atoms in total. The zero-order valence-corrected chi connectivity index (χ0v) is 19.4. The normalized spacial score (nSPS) is 12.7. The maximum atomic E-state index is 12.7. The van der Waals surface area contributed by atoms with Gasteiger partial charge in [0.15, 0.2) is 6.10 Å². The summed E-state index contributed by atoms with van der Waals surface area (Å²) in [6.07, 6.45) is -1.14. The standard InChI is InChI=1S/C21H25ClN2O6S/c1-13(19(25)23-16-8-6-7-15(22)12-16)30-20(26)14-9-10-17(29-5)18(11-14)31(27,28)24-21(2,3)4/h6-13,24H,1-5H3,(H,23,25). The molecule has 31 heavy (non-hydrogen) atoms. The maximum Gasteiger partial charge on any atom is 0.338 e. The number of carbonyl (C=O) groups excluding carboxylic acids is 2. The zero-order valence-electron chi connectivity index (χ0n) is 17.9. The van der Waals surface area contributed by atoms with Crippen LogP contribution in [-0.4, -0.2) is 39.0 Å². The highest BCUT2D eigenvalue weighted by Gasteiger charge is 2.27. The Kier molecular flexibility index (Phi) is 7.69. The third-order valence-electron chi connectivity index (χ3n) is 3.87. The molecule has 2 N–H and O–H groups in total. The quantitative estimate of drug-likeness (QED) is 0.600. The topological polar surface area (TPSA) is 111 Å². The summed E-state index contributed by atoms with van der Waals surface area (Å²) in [5.41, 5.74) is -0.336. The van der Waals surface area contributed by atoms with Gasteiger partial charge in [-0.05, 0) is 64.1 Å². The number of sulfonamides is 1. The number of hydrogen-bond donors (Lipinski definition) is 2. The fourth-order valence-electron chi connectivity index (χ4n) is 2.56. The van der Waals surface area contributed by atoms with E-state index in [2.05, 4.69) is 10.0 Å². The molecule has 2 aromatic rings. The largest absolute Gasteiger partial charge is 0.495 e. The van der Waals surface area contributed by atoms with E-state index in [0.717, 1.165) is 6.07 Å². The lowest BCUT2D eigenvalue weighted by molar-refractivity contribution is -0.123. The summed E-state index contributed by atoms with van der Waals surface area (Å²) in [6, 6.07) is 10.4. The number of nitrogens with one attached hydrogen (secondary N) is 2. The van der Waals surface area contributed by atoms with Crippen molar-refractivity contribution in [1.29, 1.82) is 0 Å². The van der Waals surface area contributed by atoms with Gasteiger partial charge >= 0.3 is 5.97 Å². The SMILES string of the molecule is COc1ccc(C(=O)OC(C)C(=O)Nc2cccc(Cl)c2)cc1S(=O)(=O)NC(C)(C)C. The van der Waals surface area contributed by atoms with Crippen molar-refractivity contribution in [3.8, 4) is 5.75 Å². The highest BCUT2D eigenvalue weighted by atomic mass is 35.5. The molecule has 0 spiro atoms. The van der Waals surface area contributed by atoms with Crippen LogP contribution in [0.2, 0.25) is 5.02 Å². The van der Waals surface area contributed by atoms with E-state index in [4.69, 9.17) is 21.1 Å². The van der Waals surface area contributed by atoms with Crippen LogP contribution in [0.25, 0.3) is 0 Å². The Labute approximate surface area is 186 Å². The third-order valence-corrected chi connectivity index (χ3v) is 5.89. The fraction of sp³-hybridized carbons (Fsp3) is 0.333. The molecular formula is C21H25ClN2O6S. The first kappa shape index (κ1) is 24.6. The maximum absolute atomic E-state index is 12.7. The molecule has 0 aliphatic rings. The smallest absolute Gasteiger partial charge is 0.338 e. The summed E-state index contributed by atoms with van der Waals surface area (Å²) in [4.78, 5) is 24.7. The number of hydrogen-bond acceptors (Lipinski definition) is 6. The summed E-state index contributed by atoms with van der Waals surface area (Å²) in [6.45, 7) is 6.47. The van der Waals surface area contributed by atoms with Crippen LogP contribution in [0.3, 0.4) is 0 Å². The number of rotatable bonds is 7. The lowest BCUT2D eigenvalue weighted by Crippen LogP contribution is -2.40. The van der Waals surface area contributed by atoms with E-state index < -0.39 is 33.5 Å². The van der Waals surface area contributed by atoms with Crippen LogP contribution >= 0.6 is 11.6 Å². The van der Waals surface area contributed by atoms with Gasteiger partial charge in [0.05, 0.1) is 12.7 Å². The van der Waals surface area contributed by atoms with Crippen LogP contribution in [-0.2, 0) is 19.6 Å². The van der Waals surface area contributed by atoms with Gasteiger partial charge in [-0.1, -0.05) is 17.7 Å². The Balaban J connectivity index is 2.20. The van der Waals surface area contributed by atoms with Crippen molar-refractivity contribution in [3.63, 3.8) is 0 Å². The molecule has 10 heteroatoms. The molecule has 2 rings (SSSR count). The van der Waals surface area contributed by atoms with Gasteiger partial charge in [-0.3, -0.25) is 4.79 Å². The van der Waals surface area contributed by atoms with Gasteiger partial charge < -0.3 is 14.8 Å². The molecule has 0 saturated heterocycles. The van der Waals surface area contributed by atoms with Crippen molar-refractivity contribution in [2.75, 3.05) is 12.4 Å². The molecule has 2 aromatic carbocycles. The summed E-state index contributed by atoms with van der Waals surface area (Å²) in [5.74, 6) is -1.35. The Hall–Kier alpha value is -2.62. The molecule has 0 bridgehead atoms. The van der Waals surface area contributed by atoms with E-state index in [-0.39, 0.29) is 16.2 Å². The van der Waals surface area contributed by atoms with E-state index in [1.165, 1.54) is 26.2 Å². The molecular weight excluding hydrogens is 444 g/mol. The number of anilines is 1. The van der Waals surface area contributed by atoms with Gasteiger partial charge in [0.25, 0.3) is 5.91 Å². The number of carbonyl (C=O) groups is 2. The average Bonchev–Trinajstić information content (AvgIpc) is 2.65. The minimum Gasteiger partial charge on any atom is -0.495 e. The Bertz CT molecular complexity index is 1080. The number of amides is 1. The van der Waals surface area contributed by atoms with Gasteiger partial charge in [0.1, 0.15) is 10.6 Å². The second-order valence-electron chi connectivity index (χ2n) is 7.77. The average molecular weight is 469 g/mol. The summed E-state index contributed by atoms with van der Waals surface area (Å²) < 4.78 is 38.3. The monoisotopic (exact) mass is 468 g/mol. The molecule has 1 unspecified atom stereocenters. The minimum atomic E-state index is -3.98. The van der Waals surface area contributed by atoms with Crippen LogP contribution in [0, 0.1) is 0 Å². The molecule has 0 saturated carbocycles. The van der Waals surface area contributed by atoms with Crippen molar-refractivity contribution in [2.24, 2.45) is 0 Å². The molecule has 168 valence electrons. The van der Waals surface area contributed by atoms with Crippen LogP contribution in [0.15, 0.2) is 47.4 Å². The zero-order chi connectivity index (χ0) is 23.4. The molecule has 0 heterocycles. The molecule has 1 amide bonds. The first-order valence-corrected chi connectivity index (χ1v) is 11.2. The second kappa shape index (κ2) is 9.67. The van der Waals surface area contributed by atoms with Crippen molar-refractivity contribution in [2.45, 2.75) is 44.2 Å². The highest BCUT2D eigenvalue weighted by Crippen LogP contribution is 2.26. The second-order valence-corrected chi connectivity index (χ2v) is 9.86. The van der Waals surface area contributed by atoms with E-state index >= 15 is 0 Å². The number of halogens is 1. The number of ether oxygens (including phenoxy) is 2. The van der Waals surface area contributed by atoms with Crippen LogP contribution < -0.4 is 14.8 Å². The molecule has 0 radical (unpaired) electrons. The molecule has 0 aliphatic carbocycles. The van der Waals surface area contributed by atoms with Crippen molar-refractivity contribution < 1.29 is 27.5 Å². The van der Waals surface area contributed by atoms with Gasteiger partial charge in [-0.2, -0.15) is 0 Å². The van der Waals surface area contributed by atoms with E-state index in [1.54, 1.807) is 45.0 Å². The van der Waals surface area contributed by atoms with Gasteiger partial charge in [-0.25, -0.2) is 17.9 Å². The summed E-state index contributed by atoms with van der Waals surface area (Å²) in [7, 11) is -2.66. The minimum absolute atomic E-state index is 0.0440. The highest BCUT2D eigenvalue weighted by molar-refractivity contribution is 7.89. The molecule has 0 aliphatic heterocycles. The molecule has 0 aromatic heterocycles. The third kappa shape index (κ3) is 6.95. The van der Waals surface area contributed by atoms with Crippen LogP contribution in [0.1, 0.15) is 38.1 Å². The predicted octanol–water partition coefficient (Wildman–Crippen LogP) is 3.61. The lowest BCUT2D eigenvalue weighted by Gasteiger charge is -2.21. The van der Waals surface area contributed by atoms with Crippen molar-refractivity contribution >= 4 is 39.2 Å². The number of methoxy groups -OCH3 is 1. The van der Waals surface area contributed by atoms with Crippen LogP contribution in [0.5, 0.6) is 5.75 Å². The molecule has 0 fully saturated rings. The summed E-state index contributed by atoms with van der Waals surface area (Å²) >= 11 is 5.89. The number of esters is 1. The molecule has 1 atom stereocenters. The van der Waals surface area contributed by atoms with Gasteiger partial charge in [0.2, 0.25) is 10.0 Å². The first-order chi connectivity index (χ1) is 14.3. The van der Waals surface area contributed by atoms with Gasteiger partial charge in [0, 0.05) is 16.2 Å². The Morgan fingerprint density at radius 3 is 2.35 bits per heavy atom. The van der Waals surface area contributed by atoms with E-state index in [0.29, 0.717) is 10.7 Å². The number of benzene rings is 2. The lowest BCUT2D eigenvalue weighted by atomic mass is 10.1. The van der Waals surface area contributed by atoms with Gasteiger partial charge in [-0.15, -0.1) is 0 Å². The first-order valence-electron chi connectivity index (χ1n) is 9.32. The van der Waals surface area contributed by atoms with E-state index in [1.807, 2.05) is 0 Å². The predicted molar refractivity (Wildman–Crippen MR) is 118 cm³/mol. The van der Waals surface area contributed by atoms with Crippen molar-refractivity contribution in [3.05, 3.63) is 53.1 Å². The Morgan fingerprint density at radius 1 is 1.10 bits per heavy atom.